The van der Waals surface area contributed by atoms with E-state index in [1.54, 1.807) is 36.1 Å². The third-order valence-electron chi connectivity index (χ3n) is 4.62. The highest BCUT2D eigenvalue weighted by Crippen LogP contribution is 2.38. The van der Waals surface area contributed by atoms with Crippen LogP contribution in [-0.2, 0) is 0 Å². The van der Waals surface area contributed by atoms with Crippen molar-refractivity contribution in [3.63, 3.8) is 0 Å². The van der Waals surface area contributed by atoms with Gasteiger partial charge in [0.2, 0.25) is 5.95 Å². The molecule has 0 radical (unpaired) electrons. The van der Waals surface area contributed by atoms with Gasteiger partial charge in [-0.15, -0.1) is 0 Å². The van der Waals surface area contributed by atoms with Crippen molar-refractivity contribution in [2.75, 3.05) is 12.4 Å². The van der Waals surface area contributed by atoms with E-state index >= 15 is 0 Å². The topological polar surface area (TPSA) is 61.2 Å². The number of benzene rings is 2. The van der Waals surface area contributed by atoms with Gasteiger partial charge in [-0.2, -0.15) is 18.9 Å². The van der Waals surface area contributed by atoms with Gasteiger partial charge in [0.15, 0.2) is 0 Å². The number of nitrogens with one attached hydrogen (secondary N) is 1. The number of aromatic nitrogens is 3. The first-order valence-corrected chi connectivity index (χ1v) is 8.49. The van der Waals surface area contributed by atoms with Crippen molar-refractivity contribution < 1.29 is 18.3 Å². The predicted octanol–water partition coefficient (Wildman–Crippen LogP) is 4.03. The molecule has 0 bridgehead atoms. The molecule has 8 heteroatoms. The van der Waals surface area contributed by atoms with Crippen molar-refractivity contribution in [1.29, 1.82) is 0 Å². The van der Waals surface area contributed by atoms with E-state index in [-0.39, 0.29) is 17.8 Å². The minimum atomic E-state index is -2.84. The van der Waals surface area contributed by atoms with Crippen LogP contribution in [0.4, 0.5) is 14.7 Å². The highest BCUT2D eigenvalue weighted by atomic mass is 19.3. The molecule has 2 aromatic carbocycles. The fourth-order valence-electron chi connectivity index (χ4n) is 3.35. The highest BCUT2D eigenvalue weighted by Gasteiger charge is 2.30. The summed E-state index contributed by atoms with van der Waals surface area (Å²) in [4.78, 5) is 4.29. The molecule has 0 spiro atoms. The van der Waals surface area contributed by atoms with Gasteiger partial charge in [-0.1, -0.05) is 24.3 Å². The van der Waals surface area contributed by atoms with Crippen molar-refractivity contribution in [2.24, 2.45) is 0 Å². The molecule has 2 atom stereocenters. The van der Waals surface area contributed by atoms with Crippen molar-refractivity contribution in [2.45, 2.75) is 25.1 Å². The number of hydrogen-bond donors (Lipinski definition) is 1. The second kappa shape index (κ2) is 7.22. The van der Waals surface area contributed by atoms with E-state index in [4.69, 9.17) is 4.74 Å². The Kier molecular flexibility index (Phi) is 4.62. The summed E-state index contributed by atoms with van der Waals surface area (Å²) in [5.41, 5.74) is 2.02. The van der Waals surface area contributed by atoms with Crippen LogP contribution in [0.1, 0.15) is 29.6 Å². The minimum absolute atomic E-state index is 0.0128. The molecule has 2 heterocycles. The standard InChI is InChI=1S/C19H18F2N4O2/c1-26-15-4-2-3-13(9-15)16-10-17(25-19(24-16)22-11-23-25)12-5-7-14(8-6-12)27-18(20)21/h2-9,11,16-18H,10H2,1H3,(H,22,23,24)/t16-,17-/m0/s1. The van der Waals surface area contributed by atoms with Gasteiger partial charge in [-0.05, 0) is 41.8 Å². The van der Waals surface area contributed by atoms with Crippen molar-refractivity contribution in [3.05, 3.63) is 66.0 Å². The molecule has 27 heavy (non-hydrogen) atoms. The maximum Gasteiger partial charge on any atom is 0.387 e. The summed E-state index contributed by atoms with van der Waals surface area (Å²) < 4.78 is 36.3. The Labute approximate surface area is 154 Å². The van der Waals surface area contributed by atoms with E-state index in [9.17, 15) is 8.78 Å². The number of anilines is 1. The van der Waals surface area contributed by atoms with Gasteiger partial charge in [-0.3, -0.25) is 0 Å². The molecular weight excluding hydrogens is 354 g/mol. The Balaban J connectivity index is 1.64. The third kappa shape index (κ3) is 3.55. The quantitative estimate of drug-likeness (QED) is 0.733. The van der Waals surface area contributed by atoms with E-state index in [0.29, 0.717) is 5.95 Å². The van der Waals surface area contributed by atoms with E-state index < -0.39 is 6.61 Å². The van der Waals surface area contributed by atoms with Crippen LogP contribution >= 0.6 is 0 Å². The van der Waals surface area contributed by atoms with Gasteiger partial charge in [0.1, 0.15) is 17.8 Å². The molecule has 1 N–H and O–H groups in total. The number of ether oxygens (including phenoxy) is 2. The Morgan fingerprint density at radius 1 is 1.11 bits per heavy atom. The van der Waals surface area contributed by atoms with Crippen LogP contribution in [0.25, 0.3) is 0 Å². The first kappa shape index (κ1) is 17.3. The predicted molar refractivity (Wildman–Crippen MR) is 95.2 cm³/mol. The Morgan fingerprint density at radius 2 is 1.93 bits per heavy atom. The summed E-state index contributed by atoms with van der Waals surface area (Å²) in [7, 11) is 1.63. The second-order valence-corrected chi connectivity index (χ2v) is 6.20. The molecule has 0 saturated carbocycles. The number of alkyl halides is 2. The molecule has 0 fully saturated rings. The summed E-state index contributed by atoms with van der Waals surface area (Å²) in [6.45, 7) is -2.84. The normalized spacial score (nSPS) is 18.7. The molecule has 6 nitrogen and oxygen atoms in total. The van der Waals surface area contributed by atoms with Gasteiger partial charge in [0, 0.05) is 0 Å². The van der Waals surface area contributed by atoms with Gasteiger partial charge < -0.3 is 14.8 Å². The van der Waals surface area contributed by atoms with E-state index in [2.05, 4.69) is 20.1 Å². The Hall–Kier alpha value is -3.16. The number of nitrogens with zero attached hydrogens (tertiary/aromatic N) is 3. The summed E-state index contributed by atoms with van der Waals surface area (Å²) >= 11 is 0. The largest absolute Gasteiger partial charge is 0.497 e. The molecule has 1 aliphatic heterocycles. The number of halogens is 2. The fraction of sp³-hybridized carbons (Fsp3) is 0.263. The molecule has 0 unspecified atom stereocenters. The Bertz CT molecular complexity index is 914. The molecule has 4 rings (SSSR count). The van der Waals surface area contributed by atoms with Crippen LogP contribution in [0.15, 0.2) is 54.9 Å². The summed E-state index contributed by atoms with van der Waals surface area (Å²) in [6, 6.07) is 14.4. The SMILES string of the molecule is COc1cccc([C@@H]2C[C@@H](c3ccc(OC(F)F)cc3)n3ncnc3N2)c1. The van der Waals surface area contributed by atoms with Crippen LogP contribution in [0.3, 0.4) is 0 Å². The highest BCUT2D eigenvalue weighted by molar-refractivity contribution is 5.41. The zero-order valence-corrected chi connectivity index (χ0v) is 14.5. The molecule has 1 aliphatic rings. The van der Waals surface area contributed by atoms with Gasteiger partial charge >= 0.3 is 6.61 Å². The maximum atomic E-state index is 12.4. The van der Waals surface area contributed by atoms with E-state index in [1.807, 2.05) is 24.3 Å². The van der Waals surface area contributed by atoms with Crippen LogP contribution in [0.2, 0.25) is 0 Å². The first-order valence-electron chi connectivity index (χ1n) is 8.49. The lowest BCUT2D eigenvalue weighted by Crippen LogP contribution is -2.28. The van der Waals surface area contributed by atoms with Gasteiger partial charge in [0.05, 0.1) is 19.2 Å². The zero-order valence-electron chi connectivity index (χ0n) is 14.5. The lowest BCUT2D eigenvalue weighted by atomic mass is 9.93. The van der Waals surface area contributed by atoms with E-state index in [1.165, 1.54) is 6.33 Å². The molecule has 1 aromatic heterocycles. The van der Waals surface area contributed by atoms with Crippen molar-refractivity contribution in [1.82, 2.24) is 14.8 Å². The zero-order chi connectivity index (χ0) is 18.8. The maximum absolute atomic E-state index is 12.4. The number of hydrogen-bond acceptors (Lipinski definition) is 5. The van der Waals surface area contributed by atoms with Crippen molar-refractivity contribution >= 4 is 5.95 Å². The van der Waals surface area contributed by atoms with Crippen LogP contribution < -0.4 is 14.8 Å². The number of methoxy groups -OCH3 is 1. The summed E-state index contributed by atoms with van der Waals surface area (Å²) in [5.74, 6) is 1.57. The Morgan fingerprint density at radius 3 is 2.67 bits per heavy atom. The molecule has 140 valence electrons. The van der Waals surface area contributed by atoms with Crippen LogP contribution in [0, 0.1) is 0 Å². The lowest BCUT2D eigenvalue weighted by Gasteiger charge is -2.32. The molecular formula is C19H18F2N4O2. The average molecular weight is 372 g/mol. The minimum Gasteiger partial charge on any atom is -0.497 e. The molecule has 0 saturated heterocycles. The van der Waals surface area contributed by atoms with Crippen LogP contribution in [-0.4, -0.2) is 28.5 Å². The average Bonchev–Trinajstić information content (AvgIpc) is 3.16. The van der Waals surface area contributed by atoms with Crippen molar-refractivity contribution in [3.8, 4) is 11.5 Å². The van der Waals surface area contributed by atoms with Gasteiger partial charge in [-0.25, -0.2) is 4.68 Å². The second-order valence-electron chi connectivity index (χ2n) is 6.20. The van der Waals surface area contributed by atoms with E-state index in [0.717, 1.165) is 23.3 Å². The smallest absolute Gasteiger partial charge is 0.387 e. The molecule has 0 aliphatic carbocycles. The van der Waals surface area contributed by atoms with Crippen LogP contribution in [0.5, 0.6) is 11.5 Å². The molecule has 3 aromatic rings. The number of rotatable bonds is 5. The number of fused-ring (bicyclic) bond motifs is 1. The van der Waals surface area contributed by atoms with Gasteiger partial charge in [0.25, 0.3) is 0 Å². The summed E-state index contributed by atoms with van der Waals surface area (Å²) in [6.07, 6.45) is 2.22. The third-order valence-corrected chi connectivity index (χ3v) is 4.62. The summed E-state index contributed by atoms with van der Waals surface area (Å²) in [5, 5.41) is 7.71. The fourth-order valence-corrected chi connectivity index (χ4v) is 3.35. The lowest BCUT2D eigenvalue weighted by molar-refractivity contribution is -0.0498. The molecule has 0 amide bonds. The first-order chi connectivity index (χ1) is 13.1. The monoisotopic (exact) mass is 372 g/mol.